The summed E-state index contributed by atoms with van der Waals surface area (Å²) in [5, 5.41) is 4.16. The first-order valence-electron chi connectivity index (χ1n) is 9.08. The summed E-state index contributed by atoms with van der Waals surface area (Å²) in [7, 11) is 0. The molecular formula is C19H23FN4O2. The molecule has 0 spiro atoms. The number of likely N-dealkylation sites (tertiary alicyclic amines) is 1. The van der Waals surface area contributed by atoms with Crippen LogP contribution in [0, 0.1) is 5.82 Å². The van der Waals surface area contributed by atoms with Gasteiger partial charge in [-0.25, -0.2) is 9.37 Å². The second-order valence-corrected chi connectivity index (χ2v) is 6.95. The number of amides is 1. The van der Waals surface area contributed by atoms with Crippen LogP contribution in [0.4, 0.5) is 10.1 Å². The van der Waals surface area contributed by atoms with Crippen LogP contribution in [-0.4, -0.2) is 53.1 Å². The minimum Gasteiger partial charge on any atom is -0.381 e. The summed E-state index contributed by atoms with van der Waals surface area (Å²) in [5.41, 5.74) is 2.26. The lowest BCUT2D eigenvalue weighted by Crippen LogP contribution is -2.30. The molecule has 26 heavy (non-hydrogen) atoms. The Bertz CT molecular complexity index is 828. The second kappa shape index (κ2) is 7.07. The van der Waals surface area contributed by atoms with E-state index in [1.165, 1.54) is 12.3 Å². The normalized spacial score (nSPS) is 21.3. The largest absolute Gasteiger partial charge is 0.381 e. The molecule has 2 fully saturated rings. The number of ether oxygens (including phenoxy) is 1. The van der Waals surface area contributed by atoms with Crippen LogP contribution in [0.1, 0.15) is 30.7 Å². The summed E-state index contributed by atoms with van der Waals surface area (Å²) in [6.45, 7) is 6.18. The van der Waals surface area contributed by atoms with Gasteiger partial charge >= 0.3 is 0 Å². The van der Waals surface area contributed by atoms with E-state index < -0.39 is 0 Å². The van der Waals surface area contributed by atoms with E-state index in [0.29, 0.717) is 30.3 Å². The van der Waals surface area contributed by atoms with Gasteiger partial charge in [-0.3, -0.25) is 4.79 Å². The van der Waals surface area contributed by atoms with Crippen molar-refractivity contribution >= 4 is 22.6 Å². The summed E-state index contributed by atoms with van der Waals surface area (Å²) >= 11 is 0. The van der Waals surface area contributed by atoms with E-state index in [1.807, 2.05) is 6.20 Å². The van der Waals surface area contributed by atoms with Crippen LogP contribution in [-0.2, 0) is 9.53 Å². The first-order chi connectivity index (χ1) is 12.7. The smallest absolute Gasteiger partial charge is 0.246 e. The van der Waals surface area contributed by atoms with Crippen LogP contribution in [0.2, 0.25) is 0 Å². The summed E-state index contributed by atoms with van der Waals surface area (Å²) in [4.78, 5) is 20.9. The van der Waals surface area contributed by atoms with Crippen LogP contribution in [0.15, 0.2) is 25.0 Å². The Morgan fingerprint density at radius 1 is 1.42 bits per heavy atom. The molecule has 7 heteroatoms. The molecule has 0 bridgehead atoms. The number of aromatic nitrogens is 2. The Hall–Kier alpha value is -2.41. The van der Waals surface area contributed by atoms with Gasteiger partial charge < -0.3 is 19.9 Å². The maximum atomic E-state index is 14.7. The number of nitrogens with zero attached hydrogens (tertiary/aromatic N) is 2. The number of rotatable bonds is 4. The van der Waals surface area contributed by atoms with E-state index in [4.69, 9.17) is 4.74 Å². The van der Waals surface area contributed by atoms with Gasteiger partial charge in [0.05, 0.1) is 11.9 Å². The highest BCUT2D eigenvalue weighted by atomic mass is 19.1. The number of halogens is 1. The third-order valence-corrected chi connectivity index (χ3v) is 5.37. The van der Waals surface area contributed by atoms with E-state index >= 15 is 0 Å². The molecule has 4 rings (SSSR count). The zero-order valence-corrected chi connectivity index (χ0v) is 14.6. The van der Waals surface area contributed by atoms with Gasteiger partial charge in [-0.05, 0) is 36.8 Å². The highest BCUT2D eigenvalue weighted by Crippen LogP contribution is 2.37. The SMILES string of the molecule is C=CC(=O)N1CC[C@@H](Nc2c(F)cnc3[nH]cc(C4CCOCC4)c23)C1. The average Bonchev–Trinajstić information content (AvgIpc) is 3.31. The molecule has 0 saturated carbocycles. The molecule has 4 heterocycles. The Balaban J connectivity index is 1.64. The second-order valence-electron chi connectivity index (χ2n) is 6.95. The number of pyridine rings is 1. The van der Waals surface area contributed by atoms with E-state index in [0.717, 1.165) is 43.4 Å². The highest BCUT2D eigenvalue weighted by Gasteiger charge is 2.28. The van der Waals surface area contributed by atoms with Crippen molar-refractivity contribution < 1.29 is 13.9 Å². The monoisotopic (exact) mass is 358 g/mol. The zero-order valence-electron chi connectivity index (χ0n) is 14.6. The molecule has 0 aromatic carbocycles. The average molecular weight is 358 g/mol. The van der Waals surface area contributed by atoms with Gasteiger partial charge in [-0.15, -0.1) is 0 Å². The molecule has 0 radical (unpaired) electrons. The van der Waals surface area contributed by atoms with Gasteiger partial charge in [0, 0.05) is 43.9 Å². The number of hydrogen-bond donors (Lipinski definition) is 2. The van der Waals surface area contributed by atoms with E-state index in [1.54, 1.807) is 4.90 Å². The molecule has 1 amide bonds. The molecule has 0 unspecified atom stereocenters. The van der Waals surface area contributed by atoms with Gasteiger partial charge in [0.15, 0.2) is 5.82 Å². The Kier molecular flexibility index (Phi) is 4.63. The number of aromatic amines is 1. The van der Waals surface area contributed by atoms with Crippen molar-refractivity contribution in [3.63, 3.8) is 0 Å². The van der Waals surface area contributed by atoms with Gasteiger partial charge in [0.2, 0.25) is 5.91 Å². The molecule has 2 saturated heterocycles. The molecular weight excluding hydrogens is 335 g/mol. The zero-order chi connectivity index (χ0) is 18.1. The fourth-order valence-corrected chi connectivity index (χ4v) is 3.98. The summed E-state index contributed by atoms with van der Waals surface area (Å²) in [5.74, 6) is -0.109. The van der Waals surface area contributed by atoms with Gasteiger partial charge in [0.1, 0.15) is 5.65 Å². The van der Waals surface area contributed by atoms with Crippen molar-refractivity contribution in [1.82, 2.24) is 14.9 Å². The number of fused-ring (bicyclic) bond motifs is 1. The lowest BCUT2D eigenvalue weighted by molar-refractivity contribution is -0.125. The quantitative estimate of drug-likeness (QED) is 0.825. The van der Waals surface area contributed by atoms with Crippen LogP contribution in [0.5, 0.6) is 0 Å². The number of anilines is 1. The predicted octanol–water partition coefficient (Wildman–Crippen LogP) is 2.79. The molecule has 2 N–H and O–H groups in total. The minimum absolute atomic E-state index is 0.0106. The molecule has 2 aliphatic rings. The lowest BCUT2D eigenvalue weighted by Gasteiger charge is -2.23. The van der Waals surface area contributed by atoms with Crippen molar-refractivity contribution in [3.8, 4) is 0 Å². The van der Waals surface area contributed by atoms with E-state index in [-0.39, 0.29) is 17.8 Å². The van der Waals surface area contributed by atoms with Gasteiger partial charge in [0.25, 0.3) is 0 Å². The fraction of sp³-hybridized carbons (Fsp3) is 0.474. The topological polar surface area (TPSA) is 70.2 Å². The lowest BCUT2D eigenvalue weighted by atomic mass is 9.91. The highest BCUT2D eigenvalue weighted by molar-refractivity contribution is 5.93. The summed E-state index contributed by atoms with van der Waals surface area (Å²) in [6, 6.07) is 0.0106. The predicted molar refractivity (Wildman–Crippen MR) is 97.7 cm³/mol. The third-order valence-electron chi connectivity index (χ3n) is 5.37. The molecule has 2 aliphatic heterocycles. The number of carbonyl (C=O) groups is 1. The van der Waals surface area contributed by atoms with Crippen molar-refractivity contribution in [3.05, 3.63) is 36.4 Å². The van der Waals surface area contributed by atoms with Crippen LogP contribution >= 0.6 is 0 Å². The Labute approximate surface area is 151 Å². The molecule has 6 nitrogen and oxygen atoms in total. The minimum atomic E-state index is -0.362. The number of nitrogens with one attached hydrogen (secondary N) is 2. The van der Waals surface area contributed by atoms with Crippen molar-refractivity contribution in [1.29, 1.82) is 0 Å². The van der Waals surface area contributed by atoms with E-state index in [2.05, 4.69) is 21.9 Å². The van der Waals surface area contributed by atoms with E-state index in [9.17, 15) is 9.18 Å². The fourth-order valence-electron chi connectivity index (χ4n) is 3.98. The molecule has 2 aromatic rings. The molecule has 2 aromatic heterocycles. The third kappa shape index (κ3) is 3.07. The van der Waals surface area contributed by atoms with Crippen LogP contribution in [0.3, 0.4) is 0 Å². The summed E-state index contributed by atoms with van der Waals surface area (Å²) < 4.78 is 20.1. The number of hydrogen-bond acceptors (Lipinski definition) is 4. The van der Waals surface area contributed by atoms with Crippen molar-refractivity contribution in [2.75, 3.05) is 31.6 Å². The van der Waals surface area contributed by atoms with Gasteiger partial charge in [-0.1, -0.05) is 6.58 Å². The number of carbonyl (C=O) groups excluding carboxylic acids is 1. The Morgan fingerprint density at radius 2 is 2.23 bits per heavy atom. The van der Waals surface area contributed by atoms with Crippen LogP contribution < -0.4 is 5.32 Å². The number of H-pyrrole nitrogens is 1. The van der Waals surface area contributed by atoms with Crippen molar-refractivity contribution in [2.24, 2.45) is 0 Å². The first-order valence-corrected chi connectivity index (χ1v) is 9.08. The Morgan fingerprint density at radius 3 is 3.00 bits per heavy atom. The standard InChI is InChI=1S/C19H23FN4O2/c1-2-16(25)24-6-3-13(11-24)23-18-15(20)10-22-19-17(18)14(9-21-19)12-4-7-26-8-5-12/h2,9-10,12-13H,1,3-8,11H2,(H2,21,22,23)/t13-/m1/s1. The van der Waals surface area contributed by atoms with Crippen LogP contribution in [0.25, 0.3) is 11.0 Å². The molecule has 0 aliphatic carbocycles. The maximum absolute atomic E-state index is 14.7. The summed E-state index contributed by atoms with van der Waals surface area (Å²) in [6.07, 6.45) is 7.14. The van der Waals surface area contributed by atoms with Gasteiger partial charge in [-0.2, -0.15) is 0 Å². The molecule has 1 atom stereocenters. The first kappa shape index (κ1) is 17.0. The molecule has 138 valence electrons. The maximum Gasteiger partial charge on any atom is 0.246 e. The van der Waals surface area contributed by atoms with Crippen molar-refractivity contribution in [2.45, 2.75) is 31.2 Å².